The van der Waals surface area contributed by atoms with Crippen LogP contribution in [-0.4, -0.2) is 86.2 Å². The number of aliphatic carboxylic acids is 2. The number of carbonyl (C=O) groups is 6. The largest absolute Gasteiger partial charge is 0.508 e. The maximum atomic E-state index is 13.4. The molecular weight excluding hydrogens is 626 g/mol. The molecule has 0 heterocycles. The Morgan fingerprint density at radius 1 is 0.625 bits per heavy atom. The van der Waals surface area contributed by atoms with Crippen molar-refractivity contribution in [2.75, 3.05) is 0 Å². The molecule has 0 aromatic heterocycles. The Bertz CT molecular complexity index is 1430. The van der Waals surface area contributed by atoms with Crippen molar-refractivity contribution in [1.82, 2.24) is 21.3 Å². The number of hydrogen-bond donors (Lipinski definition) is 9. The van der Waals surface area contributed by atoms with Crippen LogP contribution in [0.5, 0.6) is 11.5 Å². The molecular formula is C33H45N5O10. The van der Waals surface area contributed by atoms with Crippen molar-refractivity contribution in [1.29, 1.82) is 0 Å². The average molecular weight is 672 g/mol. The van der Waals surface area contributed by atoms with Gasteiger partial charge in [-0.25, -0.2) is 4.79 Å². The van der Waals surface area contributed by atoms with E-state index in [1.165, 1.54) is 36.4 Å². The van der Waals surface area contributed by atoms with Gasteiger partial charge in [-0.15, -0.1) is 0 Å². The average Bonchev–Trinajstić information content (AvgIpc) is 2.99. The van der Waals surface area contributed by atoms with Gasteiger partial charge in [0.1, 0.15) is 35.7 Å². The Morgan fingerprint density at radius 3 is 1.54 bits per heavy atom. The minimum Gasteiger partial charge on any atom is -0.508 e. The van der Waals surface area contributed by atoms with E-state index in [-0.39, 0.29) is 36.7 Å². The maximum Gasteiger partial charge on any atom is 0.326 e. The van der Waals surface area contributed by atoms with Crippen molar-refractivity contribution in [2.24, 2.45) is 17.6 Å². The molecule has 2 aromatic rings. The standard InChI is InChI=1S/C33H45N5O10/c1-17(2)13-24(35-29(43)23(34)14-19-5-9-21(39)10-6-19)30(44)36-25(16-27(41)42)31(45)38-28(18(3)4)32(46)37-26(33(47)48)15-20-7-11-22(40)12-8-20/h5-12,17-18,23-26,28,39-40H,13-16,34H2,1-4H3,(H,35,43)(H,36,44)(H,37,46)(H,38,45)(H,41,42)(H,47,48)/t23-,24-,25-,26-,28-/m0/s1. The van der Waals surface area contributed by atoms with Crippen LogP contribution in [0.3, 0.4) is 0 Å². The molecule has 15 nitrogen and oxygen atoms in total. The Kier molecular flexibility index (Phi) is 14.8. The number of benzene rings is 2. The van der Waals surface area contributed by atoms with Crippen LogP contribution in [-0.2, 0) is 41.6 Å². The second kappa shape index (κ2) is 18.2. The van der Waals surface area contributed by atoms with Crippen LogP contribution in [0.2, 0.25) is 0 Å². The molecule has 5 atom stereocenters. The normalized spacial score (nSPS) is 14.2. The first-order valence-electron chi connectivity index (χ1n) is 15.4. The number of carboxylic acids is 2. The summed E-state index contributed by atoms with van der Waals surface area (Å²) in [6.45, 7) is 6.76. The zero-order chi connectivity index (χ0) is 36.1. The van der Waals surface area contributed by atoms with Crippen molar-refractivity contribution in [2.45, 2.75) is 83.6 Å². The second-order valence-electron chi connectivity index (χ2n) is 12.3. The number of hydrogen-bond acceptors (Lipinski definition) is 9. The van der Waals surface area contributed by atoms with Crippen molar-refractivity contribution >= 4 is 35.6 Å². The number of amides is 4. The monoisotopic (exact) mass is 671 g/mol. The molecule has 2 aromatic carbocycles. The van der Waals surface area contributed by atoms with E-state index < -0.39 is 78.1 Å². The van der Waals surface area contributed by atoms with Gasteiger partial charge in [0.15, 0.2) is 0 Å². The van der Waals surface area contributed by atoms with Gasteiger partial charge in [0.25, 0.3) is 0 Å². The molecule has 4 amide bonds. The highest BCUT2D eigenvalue weighted by atomic mass is 16.4. The van der Waals surface area contributed by atoms with Gasteiger partial charge in [-0.05, 0) is 60.1 Å². The zero-order valence-corrected chi connectivity index (χ0v) is 27.3. The summed E-state index contributed by atoms with van der Waals surface area (Å²) >= 11 is 0. The van der Waals surface area contributed by atoms with Crippen LogP contribution >= 0.6 is 0 Å². The third-order valence-corrected chi connectivity index (χ3v) is 7.32. The summed E-state index contributed by atoms with van der Waals surface area (Å²) in [5.41, 5.74) is 7.24. The third-order valence-electron chi connectivity index (χ3n) is 7.32. The van der Waals surface area contributed by atoms with Crippen molar-refractivity contribution in [3.05, 3.63) is 59.7 Å². The number of nitrogens with one attached hydrogen (secondary N) is 4. The lowest BCUT2D eigenvalue weighted by Crippen LogP contribution is -2.60. The summed E-state index contributed by atoms with van der Waals surface area (Å²) in [5, 5.41) is 47.9. The number of carbonyl (C=O) groups excluding carboxylic acids is 4. The van der Waals surface area contributed by atoms with Crippen LogP contribution in [0.4, 0.5) is 0 Å². The summed E-state index contributed by atoms with van der Waals surface area (Å²) in [4.78, 5) is 76.5. The first-order chi connectivity index (χ1) is 22.5. The molecule has 0 aliphatic carbocycles. The predicted molar refractivity (Wildman–Crippen MR) is 174 cm³/mol. The molecule has 0 saturated heterocycles. The molecule has 15 heteroatoms. The van der Waals surface area contributed by atoms with E-state index in [1.807, 2.05) is 0 Å². The van der Waals surface area contributed by atoms with Crippen LogP contribution in [0.15, 0.2) is 48.5 Å². The molecule has 0 bridgehead atoms. The van der Waals surface area contributed by atoms with E-state index in [0.717, 1.165) is 0 Å². The van der Waals surface area contributed by atoms with E-state index in [9.17, 15) is 49.2 Å². The quantitative estimate of drug-likeness (QED) is 0.105. The lowest BCUT2D eigenvalue weighted by atomic mass is 9.99. The Labute approximate surface area is 278 Å². The molecule has 0 fully saturated rings. The van der Waals surface area contributed by atoms with Crippen LogP contribution in [0.1, 0.15) is 51.7 Å². The lowest BCUT2D eigenvalue weighted by molar-refractivity contribution is -0.143. The number of carboxylic acid groups (broad SMARTS) is 2. The van der Waals surface area contributed by atoms with Crippen molar-refractivity contribution in [3.63, 3.8) is 0 Å². The number of phenolic OH excluding ortho intramolecular Hbond substituents is 2. The predicted octanol–water partition coefficient (Wildman–Crippen LogP) is 0.411. The van der Waals surface area contributed by atoms with Gasteiger partial charge in [0, 0.05) is 6.42 Å². The molecule has 48 heavy (non-hydrogen) atoms. The highest BCUT2D eigenvalue weighted by Gasteiger charge is 2.34. The van der Waals surface area contributed by atoms with E-state index in [2.05, 4.69) is 21.3 Å². The molecule has 0 aliphatic heterocycles. The van der Waals surface area contributed by atoms with Gasteiger partial charge in [0.05, 0.1) is 12.5 Å². The highest BCUT2D eigenvalue weighted by molar-refractivity contribution is 5.97. The van der Waals surface area contributed by atoms with E-state index >= 15 is 0 Å². The molecule has 0 unspecified atom stereocenters. The minimum absolute atomic E-state index is 0.0210. The van der Waals surface area contributed by atoms with Gasteiger partial charge in [-0.1, -0.05) is 52.0 Å². The van der Waals surface area contributed by atoms with Gasteiger partial charge < -0.3 is 47.4 Å². The molecule has 0 saturated carbocycles. The van der Waals surface area contributed by atoms with E-state index in [4.69, 9.17) is 5.73 Å². The van der Waals surface area contributed by atoms with Gasteiger partial charge >= 0.3 is 11.9 Å². The number of nitrogens with two attached hydrogens (primary N) is 1. The summed E-state index contributed by atoms with van der Waals surface area (Å²) in [6, 6.07) is 5.19. The summed E-state index contributed by atoms with van der Waals surface area (Å²) in [7, 11) is 0. The third kappa shape index (κ3) is 12.9. The first-order valence-corrected chi connectivity index (χ1v) is 15.4. The zero-order valence-electron chi connectivity index (χ0n) is 27.3. The molecule has 2 rings (SSSR count). The van der Waals surface area contributed by atoms with Crippen molar-refractivity contribution < 1.29 is 49.2 Å². The van der Waals surface area contributed by atoms with Crippen LogP contribution < -0.4 is 27.0 Å². The SMILES string of the molecule is CC(C)C[C@H](NC(=O)[C@@H](N)Cc1ccc(O)cc1)C(=O)N[C@@H](CC(=O)O)C(=O)N[C@H](C(=O)N[C@@H](Cc1ccc(O)cc1)C(=O)O)C(C)C. The first kappa shape index (κ1) is 39.0. The summed E-state index contributed by atoms with van der Waals surface area (Å²) in [5.74, 6) is -6.82. The maximum absolute atomic E-state index is 13.4. The Balaban J connectivity index is 2.17. The molecule has 262 valence electrons. The van der Waals surface area contributed by atoms with Gasteiger partial charge in [-0.2, -0.15) is 0 Å². The van der Waals surface area contributed by atoms with Crippen LogP contribution in [0.25, 0.3) is 0 Å². The summed E-state index contributed by atoms with van der Waals surface area (Å²) < 4.78 is 0. The topological polar surface area (TPSA) is 257 Å². The fourth-order valence-electron chi connectivity index (χ4n) is 4.73. The highest BCUT2D eigenvalue weighted by Crippen LogP contribution is 2.14. The van der Waals surface area contributed by atoms with Crippen molar-refractivity contribution in [3.8, 4) is 11.5 Å². The number of rotatable bonds is 18. The lowest BCUT2D eigenvalue weighted by Gasteiger charge is -2.28. The fourth-order valence-corrected chi connectivity index (χ4v) is 4.73. The Hall–Kier alpha value is -5.18. The molecule has 0 radical (unpaired) electrons. The van der Waals surface area contributed by atoms with E-state index in [0.29, 0.717) is 11.1 Å². The number of phenols is 2. The molecule has 0 aliphatic rings. The minimum atomic E-state index is -1.66. The fraction of sp³-hybridized carbons (Fsp3) is 0.455. The summed E-state index contributed by atoms with van der Waals surface area (Å²) in [6.07, 6.45) is -0.757. The smallest absolute Gasteiger partial charge is 0.326 e. The Morgan fingerprint density at radius 2 is 1.08 bits per heavy atom. The van der Waals surface area contributed by atoms with Crippen LogP contribution in [0, 0.1) is 11.8 Å². The molecule has 10 N–H and O–H groups in total. The number of aromatic hydroxyl groups is 2. The van der Waals surface area contributed by atoms with E-state index in [1.54, 1.807) is 39.8 Å². The molecule has 0 spiro atoms. The second-order valence-corrected chi connectivity index (χ2v) is 12.3. The van der Waals surface area contributed by atoms with Gasteiger partial charge in [0.2, 0.25) is 23.6 Å². The van der Waals surface area contributed by atoms with Gasteiger partial charge in [-0.3, -0.25) is 24.0 Å².